The molecule has 0 aromatic heterocycles. The van der Waals surface area contributed by atoms with Crippen LogP contribution in [0.25, 0.3) is 0 Å². The Morgan fingerprint density at radius 1 is 0.409 bits per heavy atom. The lowest BCUT2D eigenvalue weighted by molar-refractivity contribution is -0.870. The van der Waals surface area contributed by atoms with Gasteiger partial charge in [-0.1, -0.05) is 383 Å². The fourth-order valence-corrected chi connectivity index (χ4v) is 12.5. The third-order valence-electron chi connectivity index (χ3n) is 17.7. The molecular weight excluding hydrogens is 1100 g/mol. The molecule has 2 N–H and O–H groups in total. The fourth-order valence-electron chi connectivity index (χ4n) is 11.8. The molecule has 0 fully saturated rings. The van der Waals surface area contributed by atoms with Gasteiger partial charge in [0.1, 0.15) is 13.2 Å². The third kappa shape index (κ3) is 71.6. The van der Waals surface area contributed by atoms with Gasteiger partial charge in [0.25, 0.3) is 7.82 Å². The van der Waals surface area contributed by atoms with Crippen LogP contribution in [0.5, 0.6) is 0 Å². The number of phosphoric acid groups is 1. The zero-order valence-corrected chi connectivity index (χ0v) is 60.3. The molecule has 9 heteroatoms. The predicted molar refractivity (Wildman–Crippen MR) is 385 cm³/mol. The Kier molecular flexibility index (Phi) is 68.1. The number of phosphoric ester groups is 1. The molecule has 3 unspecified atom stereocenters. The van der Waals surface area contributed by atoms with E-state index in [1.54, 1.807) is 6.08 Å². The molecule has 0 spiro atoms. The Balaban J connectivity index is 3.96. The highest BCUT2D eigenvalue weighted by Crippen LogP contribution is 2.38. The molecule has 518 valence electrons. The van der Waals surface area contributed by atoms with E-state index in [2.05, 4.69) is 67.8 Å². The summed E-state index contributed by atoms with van der Waals surface area (Å²) in [7, 11) is 1.28. The molecule has 88 heavy (non-hydrogen) atoms. The molecule has 0 aliphatic rings. The number of carbonyl (C=O) groups excluding carboxylic acids is 1. The molecule has 0 aromatic rings. The second kappa shape index (κ2) is 69.5. The number of unbranched alkanes of at least 4 members (excludes halogenated alkanes) is 51. The number of nitrogens with zero attached hydrogens (tertiary/aromatic N) is 1. The summed E-state index contributed by atoms with van der Waals surface area (Å²) in [5.41, 5.74) is 0. The van der Waals surface area contributed by atoms with E-state index in [9.17, 15) is 19.4 Å². The van der Waals surface area contributed by atoms with Gasteiger partial charge < -0.3 is 28.8 Å². The summed E-state index contributed by atoms with van der Waals surface area (Å²) >= 11 is 0. The van der Waals surface area contributed by atoms with E-state index in [-0.39, 0.29) is 19.1 Å². The van der Waals surface area contributed by atoms with Gasteiger partial charge in [-0.2, -0.15) is 0 Å². The van der Waals surface area contributed by atoms with Crippen LogP contribution in [0, 0.1) is 0 Å². The molecule has 8 nitrogen and oxygen atoms in total. The predicted octanol–water partition coefficient (Wildman–Crippen LogP) is 24.5. The molecular formula is C79H151N2O6P. The zero-order chi connectivity index (χ0) is 64.1. The standard InChI is InChI=1S/C79H151N2O6P/c1-6-8-10-12-14-16-18-20-22-24-26-28-30-32-34-36-37-38-39-40-41-42-43-45-47-49-51-53-55-57-59-61-63-65-67-69-71-73-79(83)80-77(76-87-88(84,85)86-75-74-81(3,4)5)78(82)72-70-68-66-64-62-60-58-56-54-52-50-48-46-44-35-33-31-29-27-25-23-21-19-17-15-13-11-9-7-2/h8,10,14,16,20,22,26,28,70,72,77-78,82H,6-7,9,11-13,15,17-19,21,23-25,27,29-69,71,73-76H2,1-5H3,(H-,80,83,84,85)/b10-8-,16-14-,22-20-,28-26-,72-70+. The summed E-state index contributed by atoms with van der Waals surface area (Å²) in [5, 5.41) is 14.0. The Morgan fingerprint density at radius 3 is 1.01 bits per heavy atom. The Labute approximate surface area is 549 Å². The molecule has 0 aliphatic heterocycles. The molecule has 0 radical (unpaired) electrons. The molecule has 0 bridgehead atoms. The van der Waals surface area contributed by atoms with Gasteiger partial charge in [0.15, 0.2) is 0 Å². The minimum Gasteiger partial charge on any atom is -0.756 e. The van der Waals surface area contributed by atoms with E-state index in [1.165, 1.54) is 302 Å². The van der Waals surface area contributed by atoms with Gasteiger partial charge in [-0.15, -0.1) is 0 Å². The number of likely N-dealkylation sites (N-methyl/N-ethyl adjacent to an activating group) is 1. The van der Waals surface area contributed by atoms with E-state index in [4.69, 9.17) is 9.05 Å². The lowest BCUT2D eigenvalue weighted by atomic mass is 10.0. The van der Waals surface area contributed by atoms with Gasteiger partial charge in [-0.25, -0.2) is 0 Å². The number of allylic oxidation sites excluding steroid dienone is 9. The summed E-state index contributed by atoms with van der Waals surface area (Å²) in [5.74, 6) is -0.189. The lowest BCUT2D eigenvalue weighted by Crippen LogP contribution is -2.45. The van der Waals surface area contributed by atoms with Crippen LogP contribution in [-0.2, 0) is 18.4 Å². The average Bonchev–Trinajstić information content (AvgIpc) is 3.70. The van der Waals surface area contributed by atoms with Gasteiger partial charge >= 0.3 is 0 Å². The first-order valence-electron chi connectivity index (χ1n) is 38.7. The van der Waals surface area contributed by atoms with Crippen LogP contribution in [0.4, 0.5) is 0 Å². The Morgan fingerprint density at radius 2 is 0.693 bits per heavy atom. The molecule has 0 saturated carbocycles. The van der Waals surface area contributed by atoms with E-state index in [1.807, 2.05) is 27.2 Å². The number of carbonyl (C=O) groups is 1. The second-order valence-electron chi connectivity index (χ2n) is 27.7. The van der Waals surface area contributed by atoms with Gasteiger partial charge in [0, 0.05) is 6.42 Å². The number of hydrogen-bond acceptors (Lipinski definition) is 6. The monoisotopic (exact) mass is 1260 g/mol. The van der Waals surface area contributed by atoms with E-state index >= 15 is 0 Å². The van der Waals surface area contributed by atoms with Crippen LogP contribution in [0.1, 0.15) is 386 Å². The first-order chi connectivity index (χ1) is 43.0. The first-order valence-corrected chi connectivity index (χ1v) is 40.1. The molecule has 0 heterocycles. The summed E-state index contributed by atoms with van der Waals surface area (Å²) in [4.78, 5) is 25.7. The van der Waals surface area contributed by atoms with Crippen LogP contribution < -0.4 is 10.2 Å². The zero-order valence-electron chi connectivity index (χ0n) is 59.4. The highest BCUT2D eigenvalue weighted by atomic mass is 31.2. The molecule has 0 rings (SSSR count). The summed E-state index contributed by atoms with van der Waals surface area (Å²) in [6.45, 7) is 4.60. The van der Waals surface area contributed by atoms with Crippen LogP contribution in [0.3, 0.4) is 0 Å². The van der Waals surface area contributed by atoms with Gasteiger partial charge in [-0.05, 0) is 57.8 Å². The quantitative estimate of drug-likeness (QED) is 0.0272. The van der Waals surface area contributed by atoms with Crippen molar-refractivity contribution in [1.29, 1.82) is 0 Å². The van der Waals surface area contributed by atoms with Crippen LogP contribution in [-0.4, -0.2) is 68.5 Å². The maximum Gasteiger partial charge on any atom is 0.268 e. The van der Waals surface area contributed by atoms with E-state index in [0.29, 0.717) is 17.4 Å². The maximum absolute atomic E-state index is 13.1. The van der Waals surface area contributed by atoms with E-state index < -0.39 is 20.0 Å². The van der Waals surface area contributed by atoms with Crippen molar-refractivity contribution in [2.24, 2.45) is 0 Å². The smallest absolute Gasteiger partial charge is 0.268 e. The van der Waals surface area contributed by atoms with Crippen molar-refractivity contribution in [2.75, 3.05) is 40.9 Å². The maximum atomic E-state index is 13.1. The van der Waals surface area contributed by atoms with Crippen LogP contribution in [0.15, 0.2) is 60.8 Å². The summed E-state index contributed by atoms with van der Waals surface area (Å²) in [6, 6.07) is -0.888. The molecule has 0 aromatic carbocycles. The Hall–Kier alpha value is -1.80. The SMILES string of the molecule is CC/C=C\C/C=C\C/C=C\C/C=C\CCCCCCCCCCCCCCCCCCCCCCCCCCC(=O)NC(COP(=O)([O-])OCC[N+](C)(C)C)C(O)/C=C/CCCCCCCCCCCCCCCCCCCCCCCCCCCCC. The van der Waals surface area contributed by atoms with Crippen molar-refractivity contribution in [3.05, 3.63) is 60.8 Å². The van der Waals surface area contributed by atoms with Gasteiger partial charge in [-0.3, -0.25) is 9.36 Å². The summed E-state index contributed by atoms with van der Waals surface area (Å²) in [6.07, 6.45) is 96.6. The minimum atomic E-state index is -4.61. The highest BCUT2D eigenvalue weighted by molar-refractivity contribution is 7.45. The van der Waals surface area contributed by atoms with E-state index in [0.717, 1.165) is 64.2 Å². The number of quaternary nitrogens is 1. The van der Waals surface area contributed by atoms with Gasteiger partial charge in [0.2, 0.25) is 5.91 Å². The fraction of sp³-hybridized carbons (Fsp3) is 0.861. The number of rotatable bonds is 72. The molecule has 0 aliphatic carbocycles. The van der Waals surface area contributed by atoms with Crippen molar-refractivity contribution in [2.45, 2.75) is 398 Å². The van der Waals surface area contributed by atoms with Crippen molar-refractivity contribution >= 4 is 13.7 Å². The number of aliphatic hydroxyl groups excluding tert-OH is 1. The second-order valence-corrected chi connectivity index (χ2v) is 29.1. The number of amides is 1. The van der Waals surface area contributed by atoms with Crippen LogP contribution in [0.2, 0.25) is 0 Å². The topological polar surface area (TPSA) is 108 Å². The number of hydrogen-bond donors (Lipinski definition) is 2. The van der Waals surface area contributed by atoms with Gasteiger partial charge in [0.05, 0.1) is 39.9 Å². The highest BCUT2D eigenvalue weighted by Gasteiger charge is 2.23. The largest absolute Gasteiger partial charge is 0.756 e. The lowest BCUT2D eigenvalue weighted by Gasteiger charge is -2.29. The minimum absolute atomic E-state index is 0.000602. The molecule has 3 atom stereocenters. The van der Waals surface area contributed by atoms with Crippen molar-refractivity contribution in [3.8, 4) is 0 Å². The Bertz CT molecular complexity index is 1620. The van der Waals surface area contributed by atoms with Crippen LogP contribution >= 0.6 is 7.82 Å². The first kappa shape index (κ1) is 86.2. The molecule has 0 saturated heterocycles. The van der Waals surface area contributed by atoms with Crippen molar-refractivity contribution in [1.82, 2.24) is 5.32 Å². The van der Waals surface area contributed by atoms with Crippen molar-refractivity contribution in [3.63, 3.8) is 0 Å². The number of aliphatic hydroxyl groups is 1. The molecule has 1 amide bonds. The van der Waals surface area contributed by atoms with Crippen molar-refractivity contribution < 1.29 is 32.9 Å². The average molecular weight is 1260 g/mol. The summed E-state index contributed by atoms with van der Waals surface area (Å²) < 4.78 is 23.5. The number of nitrogens with one attached hydrogen (secondary N) is 1. The normalized spacial score (nSPS) is 13.9. The third-order valence-corrected chi connectivity index (χ3v) is 18.7.